The fourth-order valence-electron chi connectivity index (χ4n) is 3.82. The van der Waals surface area contributed by atoms with Gasteiger partial charge in [-0.2, -0.15) is 0 Å². The first-order chi connectivity index (χ1) is 13.8. The third-order valence-electron chi connectivity index (χ3n) is 5.26. The Balaban J connectivity index is 2.08. The quantitative estimate of drug-likeness (QED) is 0.338. The monoisotopic (exact) mass is 424 g/mol. The molecule has 0 saturated heterocycles. The fourth-order valence-corrected chi connectivity index (χ4v) is 8.68. The van der Waals surface area contributed by atoms with Crippen LogP contribution in [0.4, 0.5) is 22.0 Å². The minimum atomic E-state index is -5.52. The van der Waals surface area contributed by atoms with Gasteiger partial charge >= 0.3 is 167 Å². The van der Waals surface area contributed by atoms with E-state index >= 15 is 0 Å². The Morgan fingerprint density at radius 1 is 0.552 bits per heavy atom. The van der Waals surface area contributed by atoms with Gasteiger partial charge in [-0.05, 0) is 0 Å². The van der Waals surface area contributed by atoms with Gasteiger partial charge in [0.05, 0.1) is 0 Å². The van der Waals surface area contributed by atoms with Crippen molar-refractivity contribution in [2.45, 2.75) is 24.9 Å². The number of alkyl halides is 5. The van der Waals surface area contributed by atoms with E-state index in [2.05, 4.69) is 0 Å². The van der Waals surface area contributed by atoms with Crippen molar-refractivity contribution in [2.75, 3.05) is 6.16 Å². The second kappa shape index (κ2) is 8.62. The van der Waals surface area contributed by atoms with E-state index in [0.717, 1.165) is 15.9 Å². The molecule has 0 fully saturated rings. The van der Waals surface area contributed by atoms with Crippen LogP contribution in [0.3, 0.4) is 0 Å². The van der Waals surface area contributed by atoms with Crippen molar-refractivity contribution in [3.8, 4) is 0 Å². The maximum absolute atomic E-state index is 13.6. The van der Waals surface area contributed by atoms with Crippen molar-refractivity contribution in [3.63, 3.8) is 0 Å². The second-order valence-electron chi connectivity index (χ2n) is 7.06. The first kappa shape index (κ1) is 21.4. The molecule has 29 heavy (non-hydrogen) atoms. The van der Waals surface area contributed by atoms with Crippen LogP contribution in [-0.4, -0.2) is 18.3 Å². The average molecular weight is 424 g/mol. The summed E-state index contributed by atoms with van der Waals surface area (Å²) in [5, 5.41) is 2.98. The van der Waals surface area contributed by atoms with Gasteiger partial charge < -0.3 is 0 Å². The molecular weight excluding hydrogens is 402 g/mol. The fraction of sp³-hybridized carbons (Fsp3) is 0.217. The van der Waals surface area contributed by atoms with Crippen molar-refractivity contribution in [2.24, 2.45) is 0 Å². The Morgan fingerprint density at radius 3 is 1.21 bits per heavy atom. The van der Waals surface area contributed by atoms with E-state index in [1.807, 2.05) is 91.0 Å². The van der Waals surface area contributed by atoms with E-state index in [9.17, 15) is 22.0 Å². The van der Waals surface area contributed by atoms with Gasteiger partial charge in [0.25, 0.3) is 0 Å². The number of benzene rings is 3. The van der Waals surface area contributed by atoms with E-state index in [1.54, 1.807) is 0 Å². The van der Waals surface area contributed by atoms with Gasteiger partial charge in [-0.1, -0.05) is 0 Å². The third kappa shape index (κ3) is 4.51. The zero-order chi connectivity index (χ0) is 21.0. The Labute approximate surface area is 167 Å². The first-order valence-electron chi connectivity index (χ1n) is 9.38. The normalized spacial score (nSPS) is 13.3. The van der Waals surface area contributed by atoms with Crippen LogP contribution in [0.25, 0.3) is 0 Å². The average Bonchev–Trinajstić information content (AvgIpc) is 2.72. The molecule has 0 aliphatic heterocycles. The van der Waals surface area contributed by atoms with Crippen molar-refractivity contribution in [3.05, 3.63) is 91.0 Å². The standard InChI is InChI=1S/C23H22F5P/c24-22(25,23(26,27)28)17-10-18-29(19-11-4-1-5-12-19,20-13-6-2-7-14-20)21-15-8-3-9-16-21/h1-9,11-16,29H,10,17-18H2. The predicted octanol–water partition coefficient (Wildman–Crippen LogP) is 5.69. The van der Waals surface area contributed by atoms with Crippen LogP contribution in [0.15, 0.2) is 91.0 Å². The summed E-state index contributed by atoms with van der Waals surface area (Å²) < 4.78 is 65.3. The molecule has 154 valence electrons. The molecule has 0 unspecified atom stereocenters. The molecule has 0 atom stereocenters. The number of rotatable bonds is 7. The maximum atomic E-state index is 13.6. The van der Waals surface area contributed by atoms with Gasteiger partial charge in [0.2, 0.25) is 0 Å². The second-order valence-corrected chi connectivity index (χ2v) is 11.1. The Bertz CT molecular complexity index is 796. The van der Waals surface area contributed by atoms with Crippen LogP contribution in [0.2, 0.25) is 0 Å². The molecule has 0 heterocycles. The zero-order valence-corrected chi connectivity index (χ0v) is 16.7. The number of hydrogen-bond donors (Lipinski definition) is 0. The zero-order valence-electron chi connectivity index (χ0n) is 15.7. The van der Waals surface area contributed by atoms with Gasteiger partial charge in [0, 0.05) is 0 Å². The SMILES string of the molecule is FC(F)(F)C(F)(F)CCC[PH](c1ccccc1)(c1ccccc1)c1ccccc1. The van der Waals surface area contributed by atoms with Crippen LogP contribution >= 0.6 is 7.26 Å². The van der Waals surface area contributed by atoms with Crippen LogP contribution in [0.5, 0.6) is 0 Å². The van der Waals surface area contributed by atoms with Crippen LogP contribution in [0, 0.1) is 0 Å². The summed E-state index contributed by atoms with van der Waals surface area (Å²) in [4.78, 5) is 0. The van der Waals surface area contributed by atoms with Crippen molar-refractivity contribution < 1.29 is 22.0 Å². The third-order valence-corrected chi connectivity index (χ3v) is 10.3. The summed E-state index contributed by atoms with van der Waals surface area (Å²) in [7, 11) is -2.78. The molecule has 0 aromatic heterocycles. The van der Waals surface area contributed by atoms with E-state index in [4.69, 9.17) is 0 Å². The van der Waals surface area contributed by atoms with E-state index < -0.39 is 25.8 Å². The van der Waals surface area contributed by atoms with Crippen LogP contribution in [0.1, 0.15) is 12.8 Å². The van der Waals surface area contributed by atoms with Crippen molar-refractivity contribution >= 4 is 23.2 Å². The Hall–Kier alpha value is -2.26. The van der Waals surface area contributed by atoms with Crippen LogP contribution in [-0.2, 0) is 0 Å². The van der Waals surface area contributed by atoms with E-state index in [-0.39, 0.29) is 12.6 Å². The van der Waals surface area contributed by atoms with Crippen molar-refractivity contribution in [1.29, 1.82) is 0 Å². The summed E-state index contributed by atoms with van der Waals surface area (Å²) in [5.74, 6) is -4.68. The van der Waals surface area contributed by atoms with Gasteiger partial charge in [-0.3, -0.25) is 0 Å². The van der Waals surface area contributed by atoms with Crippen LogP contribution < -0.4 is 15.9 Å². The van der Waals surface area contributed by atoms with Crippen molar-refractivity contribution in [1.82, 2.24) is 0 Å². The molecule has 0 nitrogen and oxygen atoms in total. The molecule has 0 spiro atoms. The number of hydrogen-bond acceptors (Lipinski definition) is 0. The van der Waals surface area contributed by atoms with Gasteiger partial charge in [-0.25, -0.2) is 0 Å². The molecule has 0 N–H and O–H groups in total. The van der Waals surface area contributed by atoms with Gasteiger partial charge in [-0.15, -0.1) is 0 Å². The first-order valence-corrected chi connectivity index (χ1v) is 11.6. The molecule has 3 aromatic rings. The summed E-state index contributed by atoms with van der Waals surface area (Å²) in [6.45, 7) is 0. The molecule has 0 radical (unpaired) electrons. The molecule has 3 rings (SSSR count). The molecule has 0 aliphatic rings. The summed E-state index contributed by atoms with van der Waals surface area (Å²) in [5.41, 5.74) is 0. The Kier molecular flexibility index (Phi) is 6.38. The summed E-state index contributed by atoms with van der Waals surface area (Å²) in [6, 6.07) is 28.6. The Morgan fingerprint density at radius 2 is 0.897 bits per heavy atom. The van der Waals surface area contributed by atoms with E-state index in [1.165, 1.54) is 0 Å². The topological polar surface area (TPSA) is 0 Å². The molecule has 0 saturated carbocycles. The molecule has 3 aromatic carbocycles. The summed E-state index contributed by atoms with van der Waals surface area (Å²) >= 11 is 0. The predicted molar refractivity (Wildman–Crippen MR) is 112 cm³/mol. The minimum absolute atomic E-state index is 0.225. The molecule has 0 amide bonds. The molecule has 6 heteroatoms. The van der Waals surface area contributed by atoms with Gasteiger partial charge in [0.15, 0.2) is 0 Å². The molecule has 0 aliphatic carbocycles. The molecule has 0 bridgehead atoms. The van der Waals surface area contributed by atoms with Gasteiger partial charge in [0.1, 0.15) is 0 Å². The summed E-state index contributed by atoms with van der Waals surface area (Å²) in [6.07, 6.45) is -6.70. The number of halogens is 5. The van der Waals surface area contributed by atoms with E-state index in [0.29, 0.717) is 0 Å². The molecular formula is C23H22F5P.